The fraction of sp³-hybridized carbons (Fsp3) is 0.583. The van der Waals surface area contributed by atoms with Gasteiger partial charge < -0.3 is 10.6 Å². The van der Waals surface area contributed by atoms with Gasteiger partial charge in [0, 0.05) is 31.4 Å². The zero-order chi connectivity index (χ0) is 12.7. The standard InChI is InChI=1S/C12H19ClN4/c1-7-11(13)8(2)17(4)12(15-7)9-5-16(3)6-10(9)14/h8H,5-6,14H2,1-4H3. The Labute approximate surface area is 107 Å². The van der Waals surface area contributed by atoms with Crippen molar-refractivity contribution in [2.75, 3.05) is 27.2 Å². The van der Waals surface area contributed by atoms with Crippen molar-refractivity contribution in [3.63, 3.8) is 0 Å². The Bertz CT molecular complexity index is 436. The maximum atomic E-state index is 6.22. The van der Waals surface area contributed by atoms with Crippen LogP contribution in [-0.2, 0) is 0 Å². The van der Waals surface area contributed by atoms with Gasteiger partial charge in [0.2, 0.25) is 0 Å². The molecule has 0 aromatic heterocycles. The molecule has 94 valence electrons. The van der Waals surface area contributed by atoms with Gasteiger partial charge in [-0.15, -0.1) is 0 Å². The number of amidine groups is 1. The molecule has 4 nitrogen and oxygen atoms in total. The highest BCUT2D eigenvalue weighted by Crippen LogP contribution is 2.28. The summed E-state index contributed by atoms with van der Waals surface area (Å²) in [6.07, 6.45) is 0. The van der Waals surface area contributed by atoms with Gasteiger partial charge in [-0.05, 0) is 20.9 Å². The fourth-order valence-electron chi connectivity index (χ4n) is 2.26. The van der Waals surface area contributed by atoms with Gasteiger partial charge in [-0.3, -0.25) is 4.90 Å². The Morgan fingerprint density at radius 1 is 1.35 bits per heavy atom. The van der Waals surface area contributed by atoms with E-state index >= 15 is 0 Å². The van der Waals surface area contributed by atoms with E-state index < -0.39 is 0 Å². The maximum absolute atomic E-state index is 6.22. The molecule has 0 saturated heterocycles. The van der Waals surface area contributed by atoms with E-state index in [2.05, 4.69) is 28.8 Å². The molecule has 17 heavy (non-hydrogen) atoms. The van der Waals surface area contributed by atoms with E-state index in [1.165, 1.54) is 0 Å². The third kappa shape index (κ3) is 2.07. The van der Waals surface area contributed by atoms with Crippen LogP contribution < -0.4 is 5.73 Å². The van der Waals surface area contributed by atoms with E-state index in [1.54, 1.807) is 0 Å². The molecule has 1 atom stereocenters. The van der Waals surface area contributed by atoms with Crippen LogP contribution in [-0.4, -0.2) is 48.9 Å². The fourth-order valence-corrected chi connectivity index (χ4v) is 2.44. The molecular formula is C12H19ClN4. The second kappa shape index (κ2) is 4.35. The van der Waals surface area contributed by atoms with Gasteiger partial charge in [0.15, 0.2) is 0 Å². The van der Waals surface area contributed by atoms with Crippen molar-refractivity contribution in [3.8, 4) is 0 Å². The molecule has 2 aliphatic rings. The van der Waals surface area contributed by atoms with Crippen molar-refractivity contribution < 1.29 is 0 Å². The number of allylic oxidation sites excluding steroid dienone is 1. The normalized spacial score (nSPS) is 27.0. The van der Waals surface area contributed by atoms with Crippen molar-refractivity contribution in [2.45, 2.75) is 19.9 Å². The Morgan fingerprint density at radius 3 is 2.53 bits per heavy atom. The molecule has 2 aliphatic heterocycles. The maximum Gasteiger partial charge on any atom is 0.135 e. The van der Waals surface area contributed by atoms with E-state index in [0.717, 1.165) is 40.9 Å². The molecule has 0 aliphatic carbocycles. The highest BCUT2D eigenvalue weighted by molar-refractivity contribution is 6.31. The molecule has 0 fully saturated rings. The summed E-state index contributed by atoms with van der Waals surface area (Å²) in [7, 11) is 4.07. The van der Waals surface area contributed by atoms with Crippen molar-refractivity contribution in [3.05, 3.63) is 22.0 Å². The number of hydrogen-bond donors (Lipinski definition) is 1. The third-order valence-corrected chi connectivity index (χ3v) is 4.02. The Hall–Kier alpha value is -1.00. The zero-order valence-electron chi connectivity index (χ0n) is 10.8. The van der Waals surface area contributed by atoms with E-state index in [4.69, 9.17) is 17.3 Å². The SMILES string of the molecule is CC1=C(Cl)C(C)N(C)C(C2=C(N)CN(C)C2)=N1. The second-order valence-corrected chi connectivity index (χ2v) is 5.24. The van der Waals surface area contributed by atoms with Crippen molar-refractivity contribution >= 4 is 17.4 Å². The molecule has 0 aromatic carbocycles. The summed E-state index contributed by atoms with van der Waals surface area (Å²) in [4.78, 5) is 8.86. The minimum Gasteiger partial charge on any atom is -0.401 e. The Morgan fingerprint density at radius 2 is 2.00 bits per heavy atom. The lowest BCUT2D eigenvalue weighted by Gasteiger charge is -2.33. The number of halogens is 1. The molecule has 0 amide bonds. The summed E-state index contributed by atoms with van der Waals surface area (Å²) in [6.45, 7) is 5.69. The Kier molecular flexibility index (Phi) is 3.19. The minimum absolute atomic E-state index is 0.162. The predicted molar refractivity (Wildman–Crippen MR) is 71.9 cm³/mol. The number of aliphatic imine (C=N–C) groups is 1. The summed E-state index contributed by atoms with van der Waals surface area (Å²) in [6, 6.07) is 0.162. The largest absolute Gasteiger partial charge is 0.401 e. The average Bonchev–Trinajstić information content (AvgIpc) is 2.60. The van der Waals surface area contributed by atoms with Crippen LogP contribution in [0.3, 0.4) is 0 Å². The molecule has 2 heterocycles. The van der Waals surface area contributed by atoms with Crippen molar-refractivity contribution in [1.29, 1.82) is 0 Å². The molecule has 0 aromatic rings. The van der Waals surface area contributed by atoms with Gasteiger partial charge in [-0.2, -0.15) is 0 Å². The number of rotatable bonds is 1. The van der Waals surface area contributed by atoms with E-state index in [1.807, 2.05) is 14.0 Å². The van der Waals surface area contributed by atoms with Crippen molar-refractivity contribution in [1.82, 2.24) is 9.80 Å². The first-order valence-corrected chi connectivity index (χ1v) is 6.13. The highest BCUT2D eigenvalue weighted by atomic mass is 35.5. The number of nitrogens with zero attached hydrogens (tertiary/aromatic N) is 3. The first kappa shape index (κ1) is 12.5. The summed E-state index contributed by atoms with van der Waals surface area (Å²) in [5, 5.41) is 0.807. The predicted octanol–water partition coefficient (Wildman–Crippen LogP) is 1.35. The topological polar surface area (TPSA) is 44.9 Å². The number of likely N-dealkylation sites (N-methyl/N-ethyl adjacent to an activating group) is 2. The van der Waals surface area contributed by atoms with Crippen LogP contribution in [0.2, 0.25) is 0 Å². The molecule has 1 unspecified atom stereocenters. The highest BCUT2D eigenvalue weighted by Gasteiger charge is 2.29. The molecule has 0 radical (unpaired) electrons. The van der Waals surface area contributed by atoms with Crippen LogP contribution in [0, 0.1) is 0 Å². The summed E-state index contributed by atoms with van der Waals surface area (Å²) in [5.74, 6) is 0.959. The molecule has 2 rings (SSSR count). The van der Waals surface area contributed by atoms with Crippen LogP contribution in [0.15, 0.2) is 27.0 Å². The second-order valence-electron chi connectivity index (χ2n) is 4.83. The smallest absolute Gasteiger partial charge is 0.135 e. The lowest BCUT2D eigenvalue weighted by Crippen LogP contribution is -2.40. The molecule has 5 heteroatoms. The molecular weight excluding hydrogens is 236 g/mol. The van der Waals surface area contributed by atoms with Gasteiger partial charge in [-0.25, -0.2) is 4.99 Å². The van der Waals surface area contributed by atoms with E-state index in [-0.39, 0.29) is 6.04 Å². The van der Waals surface area contributed by atoms with Crippen LogP contribution in [0.5, 0.6) is 0 Å². The third-order valence-electron chi connectivity index (χ3n) is 3.43. The van der Waals surface area contributed by atoms with Crippen LogP contribution in [0.4, 0.5) is 0 Å². The zero-order valence-corrected chi connectivity index (χ0v) is 11.5. The van der Waals surface area contributed by atoms with Gasteiger partial charge in [0.05, 0.1) is 16.8 Å². The first-order valence-electron chi connectivity index (χ1n) is 5.76. The van der Waals surface area contributed by atoms with Gasteiger partial charge in [0.1, 0.15) is 5.84 Å². The quantitative estimate of drug-likeness (QED) is 0.768. The molecule has 0 spiro atoms. The molecule has 2 N–H and O–H groups in total. The van der Waals surface area contributed by atoms with Gasteiger partial charge in [-0.1, -0.05) is 11.6 Å². The lowest BCUT2D eigenvalue weighted by molar-refractivity contribution is 0.413. The van der Waals surface area contributed by atoms with E-state index in [0.29, 0.717) is 0 Å². The summed E-state index contributed by atoms with van der Waals surface area (Å²) < 4.78 is 0. The molecule has 0 bridgehead atoms. The number of nitrogens with two attached hydrogens (primary N) is 1. The monoisotopic (exact) mass is 254 g/mol. The van der Waals surface area contributed by atoms with Gasteiger partial charge in [0.25, 0.3) is 0 Å². The molecule has 0 saturated carbocycles. The Balaban J connectivity index is 2.40. The minimum atomic E-state index is 0.162. The van der Waals surface area contributed by atoms with Crippen molar-refractivity contribution in [2.24, 2.45) is 10.7 Å². The van der Waals surface area contributed by atoms with Gasteiger partial charge >= 0.3 is 0 Å². The van der Waals surface area contributed by atoms with Crippen LogP contribution in [0.25, 0.3) is 0 Å². The summed E-state index contributed by atoms with van der Waals surface area (Å²) in [5.41, 5.74) is 9.00. The lowest BCUT2D eigenvalue weighted by atomic mass is 10.1. The van der Waals surface area contributed by atoms with Crippen LogP contribution in [0.1, 0.15) is 13.8 Å². The van der Waals surface area contributed by atoms with Crippen LogP contribution >= 0.6 is 11.6 Å². The van der Waals surface area contributed by atoms with E-state index in [9.17, 15) is 0 Å². The number of hydrogen-bond acceptors (Lipinski definition) is 4. The average molecular weight is 255 g/mol. The first-order chi connectivity index (χ1) is 7.91. The summed E-state index contributed by atoms with van der Waals surface area (Å²) >= 11 is 6.22.